The smallest absolute Gasteiger partial charge is 0.207 e. The molecule has 2 rings (SSSR count). The van der Waals surface area contributed by atoms with E-state index in [4.69, 9.17) is 4.74 Å². The van der Waals surface area contributed by atoms with Gasteiger partial charge in [-0.15, -0.1) is 0 Å². The number of ether oxygens (including phenoxy) is 1. The number of aryl methyl sites for hydroxylation is 1. The summed E-state index contributed by atoms with van der Waals surface area (Å²) in [5.41, 5.74) is 1.41. The van der Waals surface area contributed by atoms with E-state index in [1.54, 1.807) is 26.2 Å². The maximum atomic E-state index is 13.1. The zero-order valence-corrected chi connectivity index (χ0v) is 11.1. The van der Waals surface area contributed by atoms with Gasteiger partial charge in [-0.1, -0.05) is 0 Å². The lowest BCUT2D eigenvalue weighted by molar-refractivity contribution is 0.201. The summed E-state index contributed by atoms with van der Waals surface area (Å²) in [6, 6.07) is 4.86. The van der Waals surface area contributed by atoms with Crippen molar-refractivity contribution in [3.8, 4) is 0 Å². The van der Waals surface area contributed by atoms with Crippen LogP contribution in [0.15, 0.2) is 18.2 Å². The summed E-state index contributed by atoms with van der Waals surface area (Å²) in [5.74, 6) is 0.543. The van der Waals surface area contributed by atoms with Gasteiger partial charge in [0.25, 0.3) is 0 Å². The predicted octanol–water partition coefficient (Wildman–Crippen LogP) is 2.92. The second kappa shape index (κ2) is 5.88. The van der Waals surface area contributed by atoms with Crippen LogP contribution in [-0.2, 0) is 11.2 Å². The highest BCUT2D eigenvalue weighted by atomic mass is 32.1. The number of benzene rings is 1. The molecule has 1 aromatic heterocycles. The molecule has 0 radical (unpaired) electrons. The Labute approximate surface area is 109 Å². The molecule has 4 nitrogen and oxygen atoms in total. The molecule has 0 amide bonds. The minimum Gasteiger partial charge on any atom is -0.384 e. The van der Waals surface area contributed by atoms with Gasteiger partial charge in [0.1, 0.15) is 11.6 Å². The highest BCUT2D eigenvalue weighted by Gasteiger charge is 2.05. The highest BCUT2D eigenvalue weighted by molar-refractivity contribution is 7.09. The van der Waals surface area contributed by atoms with E-state index < -0.39 is 0 Å². The second-order valence-electron chi connectivity index (χ2n) is 3.85. The molecule has 0 saturated heterocycles. The molecule has 0 aliphatic rings. The van der Waals surface area contributed by atoms with Crippen LogP contribution in [0.2, 0.25) is 0 Å². The molecule has 1 N–H and O–H groups in total. The molecular formula is C12H14FN3OS. The van der Waals surface area contributed by atoms with Gasteiger partial charge >= 0.3 is 0 Å². The maximum Gasteiger partial charge on any atom is 0.207 e. The minimum absolute atomic E-state index is 0.210. The summed E-state index contributed by atoms with van der Waals surface area (Å²) in [6.45, 7) is 2.33. The monoisotopic (exact) mass is 267 g/mol. The fourth-order valence-electron chi connectivity index (χ4n) is 1.45. The summed E-state index contributed by atoms with van der Waals surface area (Å²) in [4.78, 5) is 4.32. The van der Waals surface area contributed by atoms with Crippen LogP contribution in [0.3, 0.4) is 0 Å². The van der Waals surface area contributed by atoms with Crippen LogP contribution in [0, 0.1) is 12.7 Å². The number of aromatic nitrogens is 2. The Kier molecular flexibility index (Phi) is 4.22. The molecule has 0 aliphatic heterocycles. The molecule has 1 aromatic carbocycles. The van der Waals surface area contributed by atoms with Crippen LogP contribution in [0.4, 0.5) is 15.2 Å². The van der Waals surface area contributed by atoms with E-state index >= 15 is 0 Å². The quantitative estimate of drug-likeness (QED) is 0.904. The molecule has 0 atom stereocenters. The van der Waals surface area contributed by atoms with Gasteiger partial charge < -0.3 is 10.1 Å². The van der Waals surface area contributed by atoms with Gasteiger partial charge in [-0.05, 0) is 30.7 Å². The number of halogens is 1. The zero-order chi connectivity index (χ0) is 13.0. The van der Waals surface area contributed by atoms with E-state index in [0.717, 1.165) is 11.5 Å². The van der Waals surface area contributed by atoms with E-state index in [0.29, 0.717) is 23.7 Å². The number of nitrogens with one attached hydrogen (secondary N) is 1. The van der Waals surface area contributed by atoms with Gasteiger partial charge in [0.15, 0.2) is 0 Å². The van der Waals surface area contributed by atoms with Gasteiger partial charge in [-0.2, -0.15) is 4.37 Å². The van der Waals surface area contributed by atoms with E-state index in [9.17, 15) is 4.39 Å². The first-order valence-electron chi connectivity index (χ1n) is 5.54. The van der Waals surface area contributed by atoms with Gasteiger partial charge in [-0.25, -0.2) is 9.37 Å². The van der Waals surface area contributed by atoms with Gasteiger partial charge in [0, 0.05) is 30.8 Å². The van der Waals surface area contributed by atoms with Crippen LogP contribution in [0.25, 0.3) is 0 Å². The molecule has 0 saturated carbocycles. The first kappa shape index (κ1) is 12.9. The molecule has 96 valence electrons. The zero-order valence-electron chi connectivity index (χ0n) is 10.2. The van der Waals surface area contributed by atoms with Crippen molar-refractivity contribution in [3.05, 3.63) is 35.4 Å². The molecule has 0 unspecified atom stereocenters. The number of rotatable bonds is 5. The Morgan fingerprint density at radius 3 is 3.00 bits per heavy atom. The Morgan fingerprint density at radius 2 is 2.28 bits per heavy atom. The van der Waals surface area contributed by atoms with Crippen LogP contribution in [0.1, 0.15) is 11.4 Å². The normalized spacial score (nSPS) is 10.6. The summed E-state index contributed by atoms with van der Waals surface area (Å²) >= 11 is 1.28. The third-order valence-electron chi connectivity index (χ3n) is 2.41. The average molecular weight is 267 g/mol. The molecule has 0 spiro atoms. The maximum absolute atomic E-state index is 13.1. The van der Waals surface area contributed by atoms with Gasteiger partial charge in [0.2, 0.25) is 5.13 Å². The van der Waals surface area contributed by atoms with Crippen LogP contribution >= 0.6 is 11.5 Å². The van der Waals surface area contributed by atoms with E-state index in [2.05, 4.69) is 14.7 Å². The van der Waals surface area contributed by atoms with Crippen LogP contribution < -0.4 is 5.32 Å². The number of nitrogens with zero attached hydrogens (tertiary/aromatic N) is 2. The molecule has 2 aromatic rings. The van der Waals surface area contributed by atoms with Crippen molar-refractivity contribution < 1.29 is 9.13 Å². The summed E-state index contributed by atoms with van der Waals surface area (Å²) in [7, 11) is 1.65. The van der Waals surface area contributed by atoms with Crippen molar-refractivity contribution in [1.29, 1.82) is 0 Å². The molecular weight excluding hydrogens is 253 g/mol. The van der Waals surface area contributed by atoms with E-state index in [1.165, 1.54) is 17.6 Å². The largest absolute Gasteiger partial charge is 0.384 e. The SMILES string of the molecule is COCCc1nsc(Nc2ccc(F)c(C)c2)n1. The summed E-state index contributed by atoms with van der Waals surface area (Å²) in [5, 5.41) is 3.81. The molecule has 18 heavy (non-hydrogen) atoms. The third kappa shape index (κ3) is 3.24. The minimum atomic E-state index is -0.210. The van der Waals surface area contributed by atoms with Gasteiger partial charge in [-0.3, -0.25) is 0 Å². The van der Waals surface area contributed by atoms with Crippen LogP contribution in [-0.4, -0.2) is 23.1 Å². The number of anilines is 2. The third-order valence-corrected chi connectivity index (χ3v) is 3.08. The number of hydrogen-bond acceptors (Lipinski definition) is 5. The Balaban J connectivity index is 2.04. The van der Waals surface area contributed by atoms with E-state index in [-0.39, 0.29) is 5.82 Å². The first-order valence-corrected chi connectivity index (χ1v) is 6.31. The van der Waals surface area contributed by atoms with Crippen molar-refractivity contribution in [1.82, 2.24) is 9.36 Å². The lowest BCUT2D eigenvalue weighted by atomic mass is 10.2. The van der Waals surface area contributed by atoms with Crippen molar-refractivity contribution >= 4 is 22.4 Å². The average Bonchev–Trinajstić information content (AvgIpc) is 2.79. The van der Waals surface area contributed by atoms with Crippen molar-refractivity contribution in [2.24, 2.45) is 0 Å². The van der Waals surface area contributed by atoms with Gasteiger partial charge in [0.05, 0.1) is 6.61 Å². The van der Waals surface area contributed by atoms with E-state index in [1.807, 2.05) is 0 Å². The van der Waals surface area contributed by atoms with Crippen molar-refractivity contribution in [3.63, 3.8) is 0 Å². The molecule has 0 bridgehead atoms. The highest BCUT2D eigenvalue weighted by Crippen LogP contribution is 2.20. The standard InChI is InChI=1S/C12H14FN3OS/c1-8-7-9(3-4-10(8)13)14-12-15-11(16-18-12)5-6-17-2/h3-4,7H,5-6H2,1-2H3,(H,14,15,16). The Hall–Kier alpha value is -1.53. The Bertz CT molecular complexity index is 530. The number of hydrogen-bond donors (Lipinski definition) is 1. The second-order valence-corrected chi connectivity index (χ2v) is 4.60. The van der Waals surface area contributed by atoms with Crippen molar-refractivity contribution in [2.75, 3.05) is 19.0 Å². The predicted molar refractivity (Wildman–Crippen MR) is 69.9 cm³/mol. The lowest BCUT2D eigenvalue weighted by Gasteiger charge is -2.03. The Morgan fingerprint density at radius 1 is 1.44 bits per heavy atom. The molecule has 1 heterocycles. The van der Waals surface area contributed by atoms with Crippen LogP contribution in [0.5, 0.6) is 0 Å². The van der Waals surface area contributed by atoms with Crippen molar-refractivity contribution in [2.45, 2.75) is 13.3 Å². The summed E-state index contributed by atoms with van der Waals surface area (Å²) < 4.78 is 22.3. The topological polar surface area (TPSA) is 47.0 Å². The fourth-order valence-corrected chi connectivity index (χ4v) is 2.08. The molecule has 0 fully saturated rings. The first-order chi connectivity index (χ1) is 8.69. The lowest BCUT2D eigenvalue weighted by Crippen LogP contribution is -1.97. The number of methoxy groups -OCH3 is 1. The molecule has 6 heteroatoms. The summed E-state index contributed by atoms with van der Waals surface area (Å²) in [6.07, 6.45) is 0.692. The molecule has 0 aliphatic carbocycles. The fraction of sp³-hybridized carbons (Fsp3) is 0.333.